The molecule has 2 aromatic rings. The Kier molecular flexibility index (Phi) is 4.50. The lowest BCUT2D eigenvalue weighted by atomic mass is 9.82. The lowest BCUT2D eigenvalue weighted by molar-refractivity contribution is -0.136. The Morgan fingerprint density at radius 3 is 2.35 bits per heavy atom. The molecule has 1 aromatic carbocycles. The summed E-state index contributed by atoms with van der Waals surface area (Å²) in [6, 6.07) is 6.89. The number of nitrogens with zero attached hydrogens (tertiary/aromatic N) is 2. The minimum atomic E-state index is -0.679. The van der Waals surface area contributed by atoms with E-state index in [1.54, 1.807) is 38.2 Å². The van der Waals surface area contributed by atoms with Crippen LogP contribution >= 0.6 is 11.6 Å². The third-order valence-electron chi connectivity index (χ3n) is 4.60. The van der Waals surface area contributed by atoms with Crippen molar-refractivity contribution in [2.45, 2.75) is 12.8 Å². The van der Waals surface area contributed by atoms with Crippen molar-refractivity contribution < 1.29 is 9.53 Å². The molecule has 1 N–H and O–H groups in total. The highest BCUT2D eigenvalue weighted by Crippen LogP contribution is 2.40. The van der Waals surface area contributed by atoms with E-state index in [1.807, 2.05) is 0 Å². The number of aromatic nitrogens is 2. The molecule has 0 unspecified atom stereocenters. The quantitative estimate of drug-likeness (QED) is 0.808. The number of halogens is 1. The molecule has 1 aromatic heterocycles. The van der Waals surface area contributed by atoms with Crippen LogP contribution in [0.3, 0.4) is 0 Å². The van der Waals surface area contributed by atoms with Crippen LogP contribution in [0.1, 0.15) is 24.0 Å². The van der Waals surface area contributed by atoms with Gasteiger partial charge < -0.3 is 10.1 Å². The van der Waals surface area contributed by atoms with Crippen LogP contribution in [0.15, 0.2) is 45.1 Å². The molecule has 0 aliphatic carbocycles. The smallest absolute Gasteiger partial charge is 0.336 e. The molecule has 0 bridgehead atoms. The maximum Gasteiger partial charge on any atom is 0.336 e. The van der Waals surface area contributed by atoms with Gasteiger partial charge in [0.2, 0.25) is 0 Å². The molecule has 1 aliphatic heterocycles. The van der Waals surface area contributed by atoms with Crippen molar-refractivity contribution >= 4 is 23.4 Å². The van der Waals surface area contributed by atoms with Crippen molar-refractivity contribution in [3.63, 3.8) is 0 Å². The number of allylic oxidation sites excluding steroid dienone is 1. The predicted molar refractivity (Wildman–Crippen MR) is 98.6 cm³/mol. The van der Waals surface area contributed by atoms with Crippen molar-refractivity contribution in [3.05, 3.63) is 72.5 Å². The summed E-state index contributed by atoms with van der Waals surface area (Å²) in [6.45, 7) is 1.71. The highest BCUT2D eigenvalue weighted by atomic mass is 35.5. The first-order chi connectivity index (χ1) is 12.3. The minimum absolute atomic E-state index is 0.308. The van der Waals surface area contributed by atoms with Gasteiger partial charge in [-0.3, -0.25) is 13.9 Å². The standard InChI is InChI=1S/C18H18ClN3O4/c1-9-12(17(24)26-4)13(10-5-7-11(19)8-6-10)14-15(20-9)21(2)18(25)22(3)16(14)23/h5-8,13,20H,1-4H3/t13-/m1/s1. The van der Waals surface area contributed by atoms with Gasteiger partial charge in [0.25, 0.3) is 5.56 Å². The number of carbonyl (C=O) groups excluding carboxylic acids is 1. The van der Waals surface area contributed by atoms with Crippen molar-refractivity contribution in [3.8, 4) is 0 Å². The third-order valence-corrected chi connectivity index (χ3v) is 4.85. The van der Waals surface area contributed by atoms with Gasteiger partial charge in [-0.2, -0.15) is 0 Å². The monoisotopic (exact) mass is 375 g/mol. The Morgan fingerprint density at radius 2 is 1.77 bits per heavy atom. The van der Waals surface area contributed by atoms with Crippen LogP contribution in [0.2, 0.25) is 5.02 Å². The molecule has 0 amide bonds. The Balaban J connectivity index is 2.41. The Labute approximate surface area is 154 Å². The van der Waals surface area contributed by atoms with E-state index in [0.717, 1.165) is 4.57 Å². The first-order valence-corrected chi connectivity index (χ1v) is 8.27. The van der Waals surface area contributed by atoms with Gasteiger partial charge in [0.15, 0.2) is 0 Å². The first kappa shape index (κ1) is 18.0. The average Bonchev–Trinajstić information content (AvgIpc) is 2.63. The van der Waals surface area contributed by atoms with Gasteiger partial charge in [0, 0.05) is 24.8 Å². The number of carbonyl (C=O) groups is 1. The van der Waals surface area contributed by atoms with E-state index >= 15 is 0 Å². The second kappa shape index (κ2) is 6.49. The summed E-state index contributed by atoms with van der Waals surface area (Å²) in [4.78, 5) is 37.7. The summed E-state index contributed by atoms with van der Waals surface area (Å²) in [5.74, 6) is -0.860. The SMILES string of the molecule is COC(=O)C1=C(C)Nc2c(c(=O)n(C)c(=O)n2C)[C@@H]1c1ccc(Cl)cc1. The molecule has 8 heteroatoms. The van der Waals surface area contributed by atoms with Crippen LogP contribution in [-0.4, -0.2) is 22.2 Å². The molecule has 0 spiro atoms. The second-order valence-electron chi connectivity index (χ2n) is 6.11. The summed E-state index contributed by atoms with van der Waals surface area (Å²) >= 11 is 5.98. The number of benzene rings is 1. The number of ether oxygens (including phenoxy) is 1. The zero-order valence-electron chi connectivity index (χ0n) is 14.8. The molecule has 7 nitrogen and oxygen atoms in total. The van der Waals surface area contributed by atoms with Crippen LogP contribution < -0.4 is 16.6 Å². The molecule has 136 valence electrons. The first-order valence-electron chi connectivity index (χ1n) is 7.89. The van der Waals surface area contributed by atoms with Crippen molar-refractivity contribution in [2.24, 2.45) is 14.1 Å². The van der Waals surface area contributed by atoms with Gasteiger partial charge in [-0.05, 0) is 24.6 Å². The molecule has 0 saturated carbocycles. The van der Waals surface area contributed by atoms with E-state index in [2.05, 4.69) is 5.32 Å². The second-order valence-corrected chi connectivity index (χ2v) is 6.54. The van der Waals surface area contributed by atoms with E-state index in [4.69, 9.17) is 16.3 Å². The van der Waals surface area contributed by atoms with Crippen LogP contribution in [0, 0.1) is 0 Å². The lowest BCUT2D eigenvalue weighted by Gasteiger charge is -2.30. The molecule has 3 rings (SSSR count). The fraction of sp³-hybridized carbons (Fsp3) is 0.278. The Morgan fingerprint density at radius 1 is 1.15 bits per heavy atom. The van der Waals surface area contributed by atoms with E-state index in [9.17, 15) is 14.4 Å². The van der Waals surface area contributed by atoms with E-state index in [0.29, 0.717) is 33.2 Å². The number of esters is 1. The highest BCUT2D eigenvalue weighted by Gasteiger charge is 2.37. The maximum absolute atomic E-state index is 12.9. The summed E-state index contributed by atoms with van der Waals surface area (Å²) in [7, 11) is 4.27. The zero-order valence-corrected chi connectivity index (χ0v) is 15.5. The summed E-state index contributed by atoms with van der Waals surface area (Å²) in [5.41, 5.74) is 0.927. The fourth-order valence-corrected chi connectivity index (χ4v) is 3.38. The highest BCUT2D eigenvalue weighted by molar-refractivity contribution is 6.30. The summed E-state index contributed by atoms with van der Waals surface area (Å²) in [6.07, 6.45) is 0. The summed E-state index contributed by atoms with van der Waals surface area (Å²) < 4.78 is 7.32. The maximum atomic E-state index is 12.9. The molecule has 1 atom stereocenters. The Hall–Kier alpha value is -2.80. The number of hydrogen-bond acceptors (Lipinski definition) is 5. The third kappa shape index (κ3) is 2.64. The predicted octanol–water partition coefficient (Wildman–Crippen LogP) is 1.74. The van der Waals surface area contributed by atoms with Crippen molar-refractivity contribution in [1.29, 1.82) is 0 Å². The number of hydrogen-bond donors (Lipinski definition) is 1. The van der Waals surface area contributed by atoms with E-state index in [1.165, 1.54) is 18.7 Å². The van der Waals surface area contributed by atoms with Gasteiger partial charge in [-0.15, -0.1) is 0 Å². The number of anilines is 1. The van der Waals surface area contributed by atoms with Gasteiger partial charge in [0.1, 0.15) is 5.82 Å². The number of fused-ring (bicyclic) bond motifs is 1. The zero-order chi connectivity index (χ0) is 19.2. The van der Waals surface area contributed by atoms with Gasteiger partial charge in [-0.1, -0.05) is 23.7 Å². The molecular formula is C18H18ClN3O4. The van der Waals surface area contributed by atoms with Crippen LogP contribution in [0.4, 0.5) is 5.82 Å². The molecular weight excluding hydrogens is 358 g/mol. The number of rotatable bonds is 2. The topological polar surface area (TPSA) is 82.3 Å². The van der Waals surface area contributed by atoms with E-state index in [-0.39, 0.29) is 0 Å². The normalized spacial score (nSPS) is 16.1. The van der Waals surface area contributed by atoms with Crippen LogP contribution in [-0.2, 0) is 23.6 Å². The molecule has 2 heterocycles. The van der Waals surface area contributed by atoms with Crippen LogP contribution in [0.5, 0.6) is 0 Å². The average molecular weight is 376 g/mol. The fourth-order valence-electron chi connectivity index (χ4n) is 3.26. The molecule has 1 aliphatic rings. The largest absolute Gasteiger partial charge is 0.466 e. The van der Waals surface area contributed by atoms with Crippen LogP contribution in [0.25, 0.3) is 0 Å². The minimum Gasteiger partial charge on any atom is -0.466 e. The summed E-state index contributed by atoms with van der Waals surface area (Å²) in [5, 5.41) is 3.55. The van der Waals surface area contributed by atoms with Crippen molar-refractivity contribution in [1.82, 2.24) is 9.13 Å². The van der Waals surface area contributed by atoms with Gasteiger partial charge in [0.05, 0.1) is 24.2 Å². The molecule has 0 radical (unpaired) electrons. The number of nitrogens with one attached hydrogen (secondary N) is 1. The molecule has 0 fully saturated rings. The number of methoxy groups -OCH3 is 1. The van der Waals surface area contributed by atoms with Gasteiger partial charge in [-0.25, -0.2) is 9.59 Å². The molecule has 0 saturated heterocycles. The van der Waals surface area contributed by atoms with E-state index < -0.39 is 23.1 Å². The van der Waals surface area contributed by atoms with Gasteiger partial charge >= 0.3 is 11.7 Å². The lowest BCUT2D eigenvalue weighted by Crippen LogP contribution is -2.43. The van der Waals surface area contributed by atoms with Crippen molar-refractivity contribution in [2.75, 3.05) is 12.4 Å². The molecule has 26 heavy (non-hydrogen) atoms. The Bertz CT molecular complexity index is 1050.